The van der Waals surface area contributed by atoms with Crippen LogP contribution in [0.4, 0.5) is 5.82 Å². The maximum atomic E-state index is 13.1. The second-order valence-corrected chi connectivity index (χ2v) is 8.42. The van der Waals surface area contributed by atoms with Crippen LogP contribution in [0.15, 0.2) is 59.5 Å². The van der Waals surface area contributed by atoms with Gasteiger partial charge in [-0.1, -0.05) is 36.4 Å². The Balaban J connectivity index is 1.60. The van der Waals surface area contributed by atoms with Crippen molar-refractivity contribution in [1.82, 2.24) is 24.4 Å². The van der Waals surface area contributed by atoms with Crippen LogP contribution in [-0.4, -0.2) is 30.3 Å². The molecule has 5 aromatic rings. The third-order valence-electron chi connectivity index (χ3n) is 5.91. The van der Waals surface area contributed by atoms with Crippen LogP contribution in [0.5, 0.6) is 0 Å². The van der Waals surface area contributed by atoms with Crippen LogP contribution in [-0.2, 0) is 0 Å². The maximum absolute atomic E-state index is 13.1. The maximum Gasteiger partial charge on any atom is 0.277 e. The van der Waals surface area contributed by atoms with Gasteiger partial charge >= 0.3 is 0 Å². The largest absolute Gasteiger partial charge is 0.319 e. The van der Waals surface area contributed by atoms with E-state index < -0.39 is 0 Å². The number of anilines is 1. The molecule has 0 fully saturated rings. The Labute approximate surface area is 189 Å². The van der Waals surface area contributed by atoms with Crippen molar-refractivity contribution >= 4 is 28.0 Å². The number of nitrogens with one attached hydrogen (secondary N) is 2. The molecule has 8 nitrogen and oxygen atoms in total. The van der Waals surface area contributed by atoms with Crippen LogP contribution in [0.3, 0.4) is 0 Å². The van der Waals surface area contributed by atoms with Gasteiger partial charge in [0.05, 0.1) is 17.6 Å². The number of aryl methyl sites for hydroxylation is 2. The highest BCUT2D eigenvalue weighted by Gasteiger charge is 2.22. The van der Waals surface area contributed by atoms with Crippen molar-refractivity contribution in [3.8, 4) is 11.3 Å². The smallest absolute Gasteiger partial charge is 0.277 e. The van der Waals surface area contributed by atoms with Gasteiger partial charge in [-0.3, -0.25) is 9.59 Å². The van der Waals surface area contributed by atoms with Crippen LogP contribution in [0.1, 0.15) is 41.6 Å². The van der Waals surface area contributed by atoms with E-state index in [0.29, 0.717) is 22.6 Å². The summed E-state index contributed by atoms with van der Waals surface area (Å²) >= 11 is 0. The van der Waals surface area contributed by atoms with E-state index in [2.05, 4.69) is 20.5 Å². The summed E-state index contributed by atoms with van der Waals surface area (Å²) in [4.78, 5) is 29.1. The van der Waals surface area contributed by atoms with Crippen molar-refractivity contribution in [2.75, 3.05) is 5.32 Å². The van der Waals surface area contributed by atoms with Crippen LogP contribution < -0.4 is 10.9 Å². The molecule has 0 bridgehead atoms. The zero-order chi connectivity index (χ0) is 23.3. The average molecular weight is 441 g/mol. The molecule has 3 aromatic heterocycles. The first-order valence-corrected chi connectivity index (χ1v) is 10.8. The van der Waals surface area contributed by atoms with E-state index >= 15 is 0 Å². The Bertz CT molecular complexity index is 1590. The van der Waals surface area contributed by atoms with E-state index in [1.807, 2.05) is 63.2 Å². The van der Waals surface area contributed by atoms with Gasteiger partial charge in [0.15, 0.2) is 5.69 Å². The molecular formula is C25H24N6O2. The standard InChI is InChI=1S/C25H24N6O2/c1-14(2)30-20(11-12-26-30)27-24(32)21-15(3)23-25(33)28-22(16(4)31(23)29-21)19-10-9-17-7-5-6-8-18(17)13-19/h5-14H,1-4H3,(H,27,32)(H,28,33). The molecule has 2 aromatic carbocycles. The summed E-state index contributed by atoms with van der Waals surface area (Å²) in [6.45, 7) is 7.59. The molecule has 0 spiro atoms. The molecule has 0 saturated carbocycles. The predicted octanol–water partition coefficient (Wildman–Crippen LogP) is 4.49. The lowest BCUT2D eigenvalue weighted by Crippen LogP contribution is -2.18. The number of aromatic amines is 1. The molecule has 0 aliphatic rings. The quantitative estimate of drug-likeness (QED) is 0.430. The van der Waals surface area contributed by atoms with Gasteiger partial charge in [0.1, 0.15) is 11.3 Å². The van der Waals surface area contributed by atoms with Crippen molar-refractivity contribution < 1.29 is 4.79 Å². The number of carbonyl (C=O) groups is 1. The highest BCUT2D eigenvalue weighted by atomic mass is 16.2. The molecule has 33 heavy (non-hydrogen) atoms. The van der Waals surface area contributed by atoms with Gasteiger partial charge in [-0.25, -0.2) is 9.20 Å². The Morgan fingerprint density at radius 2 is 1.82 bits per heavy atom. The zero-order valence-corrected chi connectivity index (χ0v) is 18.9. The summed E-state index contributed by atoms with van der Waals surface area (Å²) in [6.07, 6.45) is 1.64. The van der Waals surface area contributed by atoms with E-state index in [1.165, 1.54) is 0 Å². The molecule has 0 aliphatic carbocycles. The highest BCUT2D eigenvalue weighted by molar-refractivity contribution is 6.04. The Hall–Kier alpha value is -4.20. The summed E-state index contributed by atoms with van der Waals surface area (Å²) in [5.74, 6) is 0.193. The van der Waals surface area contributed by atoms with Gasteiger partial charge in [0.25, 0.3) is 11.5 Å². The normalized spacial score (nSPS) is 11.5. The first-order valence-electron chi connectivity index (χ1n) is 10.8. The van der Waals surface area contributed by atoms with Gasteiger partial charge in [-0.15, -0.1) is 0 Å². The summed E-state index contributed by atoms with van der Waals surface area (Å²) in [6, 6.07) is 15.9. The monoisotopic (exact) mass is 440 g/mol. The summed E-state index contributed by atoms with van der Waals surface area (Å²) < 4.78 is 3.28. The molecular weight excluding hydrogens is 416 g/mol. The average Bonchev–Trinajstić information content (AvgIpc) is 3.40. The van der Waals surface area contributed by atoms with Gasteiger partial charge < -0.3 is 10.3 Å². The first kappa shape index (κ1) is 20.7. The lowest BCUT2D eigenvalue weighted by molar-refractivity contribution is 0.102. The molecule has 166 valence electrons. The van der Waals surface area contributed by atoms with E-state index in [0.717, 1.165) is 22.0 Å². The van der Waals surface area contributed by atoms with Gasteiger partial charge in [-0.05, 0) is 44.5 Å². The number of hydrogen-bond acceptors (Lipinski definition) is 4. The molecule has 1 amide bonds. The minimum Gasteiger partial charge on any atom is -0.319 e. The second kappa shape index (κ2) is 7.74. The third kappa shape index (κ3) is 3.40. The van der Waals surface area contributed by atoms with Crippen LogP contribution in [0, 0.1) is 13.8 Å². The molecule has 0 atom stereocenters. The second-order valence-electron chi connectivity index (χ2n) is 8.42. The van der Waals surface area contributed by atoms with E-state index in [-0.39, 0.29) is 23.2 Å². The molecule has 8 heteroatoms. The first-order chi connectivity index (χ1) is 15.8. The molecule has 5 rings (SSSR count). The van der Waals surface area contributed by atoms with E-state index in [4.69, 9.17) is 0 Å². The fraction of sp³-hybridized carbons (Fsp3) is 0.200. The Kier molecular flexibility index (Phi) is 4.85. The lowest BCUT2D eigenvalue weighted by atomic mass is 10.0. The van der Waals surface area contributed by atoms with Crippen LogP contribution in [0.2, 0.25) is 0 Å². The lowest BCUT2D eigenvalue weighted by Gasteiger charge is -2.11. The Morgan fingerprint density at radius 3 is 2.58 bits per heavy atom. The number of nitrogens with zero attached hydrogens (tertiary/aromatic N) is 4. The number of fused-ring (bicyclic) bond motifs is 2. The SMILES string of the molecule is Cc1c(C(=O)Nc2ccnn2C(C)C)nn2c(C)c(-c3ccc4ccccc4c3)[nH]c(=O)c12. The number of hydrogen-bond donors (Lipinski definition) is 2. The van der Waals surface area contributed by atoms with Gasteiger partial charge in [0.2, 0.25) is 0 Å². The van der Waals surface area contributed by atoms with Crippen LogP contribution in [0.25, 0.3) is 27.5 Å². The number of carbonyl (C=O) groups excluding carboxylic acids is 1. The van der Waals surface area contributed by atoms with Crippen LogP contribution >= 0.6 is 0 Å². The van der Waals surface area contributed by atoms with Crippen molar-refractivity contribution in [3.63, 3.8) is 0 Å². The number of benzene rings is 2. The fourth-order valence-electron chi connectivity index (χ4n) is 4.22. The summed E-state index contributed by atoms with van der Waals surface area (Å²) in [5.41, 5.74) is 3.10. The fourth-order valence-corrected chi connectivity index (χ4v) is 4.22. The van der Waals surface area contributed by atoms with E-state index in [9.17, 15) is 9.59 Å². The number of rotatable bonds is 4. The van der Waals surface area contributed by atoms with Crippen molar-refractivity contribution in [1.29, 1.82) is 0 Å². The molecule has 3 heterocycles. The van der Waals surface area contributed by atoms with Gasteiger partial charge in [-0.2, -0.15) is 10.2 Å². The van der Waals surface area contributed by atoms with Gasteiger partial charge in [0, 0.05) is 23.2 Å². The zero-order valence-electron chi connectivity index (χ0n) is 18.9. The number of amides is 1. The van der Waals surface area contributed by atoms with Crippen molar-refractivity contribution in [2.45, 2.75) is 33.7 Å². The highest BCUT2D eigenvalue weighted by Crippen LogP contribution is 2.26. The van der Waals surface area contributed by atoms with Crippen molar-refractivity contribution in [2.24, 2.45) is 0 Å². The van der Waals surface area contributed by atoms with Crippen molar-refractivity contribution in [3.05, 3.63) is 82.0 Å². The molecule has 0 aliphatic heterocycles. The van der Waals surface area contributed by atoms with E-state index in [1.54, 1.807) is 28.4 Å². The summed E-state index contributed by atoms with van der Waals surface area (Å²) in [5, 5.41) is 13.8. The molecule has 0 unspecified atom stereocenters. The predicted molar refractivity (Wildman–Crippen MR) is 129 cm³/mol. The third-order valence-corrected chi connectivity index (χ3v) is 5.91. The molecule has 0 saturated heterocycles. The minimum atomic E-state index is -0.385. The minimum absolute atomic E-state index is 0.0899. The number of H-pyrrole nitrogens is 1. The molecule has 2 N–H and O–H groups in total. The summed E-state index contributed by atoms with van der Waals surface area (Å²) in [7, 11) is 0. The molecule has 0 radical (unpaired) electrons. The number of aromatic nitrogens is 5. The topological polar surface area (TPSA) is 97.1 Å². The Morgan fingerprint density at radius 1 is 1.06 bits per heavy atom.